The lowest BCUT2D eigenvalue weighted by molar-refractivity contribution is 0.775. The maximum Gasteiger partial charge on any atom is 0.334 e. The minimum absolute atomic E-state index is 0.00326. The van der Waals surface area contributed by atoms with Gasteiger partial charge in [-0.15, -0.1) is 0 Å². The lowest BCUT2D eigenvalue weighted by Gasteiger charge is -2.16. The monoisotopic (exact) mass is 365 g/mol. The van der Waals surface area contributed by atoms with Gasteiger partial charge < -0.3 is 0 Å². The van der Waals surface area contributed by atoms with Gasteiger partial charge in [-0.1, -0.05) is 37.0 Å². The molecule has 0 fully saturated rings. The third-order valence-corrected chi connectivity index (χ3v) is 4.27. The average molecular weight is 366 g/mol. The molecule has 0 atom stereocenters. The van der Waals surface area contributed by atoms with Gasteiger partial charge in [0.25, 0.3) is 5.56 Å². The van der Waals surface area contributed by atoms with E-state index in [0.29, 0.717) is 17.1 Å². The van der Waals surface area contributed by atoms with Gasteiger partial charge in [0.1, 0.15) is 11.5 Å². The van der Waals surface area contributed by atoms with Crippen molar-refractivity contribution in [1.82, 2.24) is 24.5 Å². The van der Waals surface area contributed by atoms with Crippen LogP contribution in [0.2, 0.25) is 10.2 Å². The first kappa shape index (κ1) is 16.6. The first-order valence-electron chi connectivity index (χ1n) is 7.14. The molecule has 0 unspecified atom stereocenters. The summed E-state index contributed by atoms with van der Waals surface area (Å²) in [6.45, 7) is 5.65. The molecule has 0 saturated heterocycles. The van der Waals surface area contributed by atoms with Crippen LogP contribution in [0, 0.1) is 6.92 Å². The highest BCUT2D eigenvalue weighted by Gasteiger charge is 2.20. The molecule has 24 heavy (non-hydrogen) atoms. The summed E-state index contributed by atoms with van der Waals surface area (Å²) >= 11 is 11.9. The summed E-state index contributed by atoms with van der Waals surface area (Å²) in [7, 11) is 0. The number of H-pyrrole nitrogens is 1. The molecule has 7 nitrogen and oxygen atoms in total. The summed E-state index contributed by atoms with van der Waals surface area (Å²) in [4.78, 5) is 39.5. The summed E-state index contributed by atoms with van der Waals surface area (Å²) in [5.41, 5.74) is 0.599. The first-order valence-corrected chi connectivity index (χ1v) is 7.89. The number of aryl methyl sites for hydroxylation is 1. The van der Waals surface area contributed by atoms with E-state index in [9.17, 15) is 9.59 Å². The maximum atomic E-state index is 12.5. The summed E-state index contributed by atoms with van der Waals surface area (Å²) in [6.07, 6.45) is 1.43. The minimum Gasteiger partial charge on any atom is -0.273 e. The molecule has 0 aliphatic heterocycles. The molecule has 0 amide bonds. The fourth-order valence-electron chi connectivity index (χ4n) is 2.50. The van der Waals surface area contributed by atoms with Crippen molar-refractivity contribution in [3.05, 3.63) is 54.8 Å². The number of pyridine rings is 1. The molecule has 0 aliphatic rings. The molecule has 0 radical (unpaired) electrons. The first-order chi connectivity index (χ1) is 11.3. The van der Waals surface area contributed by atoms with Gasteiger partial charge >= 0.3 is 5.69 Å². The van der Waals surface area contributed by atoms with Crippen molar-refractivity contribution in [2.75, 3.05) is 0 Å². The number of aromatic amines is 1. The van der Waals surface area contributed by atoms with E-state index in [1.165, 1.54) is 17.0 Å². The molecule has 0 aliphatic carbocycles. The number of nitrogens with zero attached hydrogens (tertiary/aromatic N) is 4. The van der Waals surface area contributed by atoms with Crippen LogP contribution in [0.3, 0.4) is 0 Å². The highest BCUT2D eigenvalue weighted by Crippen LogP contribution is 2.26. The molecule has 3 aromatic heterocycles. The number of aromatic nitrogens is 5. The van der Waals surface area contributed by atoms with Gasteiger partial charge in [-0.25, -0.2) is 24.3 Å². The zero-order valence-electron chi connectivity index (χ0n) is 13.1. The molecule has 0 saturated carbocycles. The number of halogens is 2. The second-order valence-electron chi connectivity index (χ2n) is 5.57. The summed E-state index contributed by atoms with van der Waals surface area (Å²) in [5, 5.41) is 0.287. The van der Waals surface area contributed by atoms with Crippen LogP contribution in [-0.2, 0) is 0 Å². The Bertz CT molecular complexity index is 1070. The topological polar surface area (TPSA) is 93.5 Å². The van der Waals surface area contributed by atoms with Gasteiger partial charge in [0.2, 0.25) is 0 Å². The van der Waals surface area contributed by atoms with Crippen molar-refractivity contribution in [2.24, 2.45) is 0 Å². The molecule has 0 aromatic carbocycles. The molecule has 9 heteroatoms. The van der Waals surface area contributed by atoms with Crippen LogP contribution in [0.5, 0.6) is 0 Å². The zero-order valence-corrected chi connectivity index (χ0v) is 14.6. The molecule has 3 aromatic rings. The summed E-state index contributed by atoms with van der Waals surface area (Å²) < 4.78 is 1.27. The van der Waals surface area contributed by atoms with Crippen molar-refractivity contribution in [3.8, 4) is 5.69 Å². The third kappa shape index (κ3) is 2.59. The van der Waals surface area contributed by atoms with E-state index in [0.717, 1.165) is 0 Å². The molecule has 0 spiro atoms. The van der Waals surface area contributed by atoms with Crippen molar-refractivity contribution in [2.45, 2.75) is 26.7 Å². The summed E-state index contributed by atoms with van der Waals surface area (Å²) in [6, 6.07) is 1.38. The molecule has 0 bridgehead atoms. The molecule has 3 heterocycles. The predicted octanol–water partition coefficient (Wildman–Crippen LogP) is 2.60. The van der Waals surface area contributed by atoms with Crippen molar-refractivity contribution in [3.63, 3.8) is 0 Å². The quantitative estimate of drug-likeness (QED) is 0.704. The van der Waals surface area contributed by atoms with Crippen molar-refractivity contribution < 1.29 is 0 Å². The van der Waals surface area contributed by atoms with Gasteiger partial charge in [0.15, 0.2) is 5.65 Å². The van der Waals surface area contributed by atoms with Gasteiger partial charge in [-0.3, -0.25) is 9.78 Å². The fraction of sp³-hybridized carbons (Fsp3) is 0.267. The van der Waals surface area contributed by atoms with Crippen LogP contribution < -0.4 is 11.2 Å². The lowest BCUT2D eigenvalue weighted by atomic mass is 10.1. The van der Waals surface area contributed by atoms with Crippen LogP contribution in [-0.4, -0.2) is 24.5 Å². The number of nitrogens with one attached hydrogen (secondary N) is 1. The van der Waals surface area contributed by atoms with Gasteiger partial charge in [0, 0.05) is 0 Å². The Morgan fingerprint density at radius 1 is 1.21 bits per heavy atom. The minimum atomic E-state index is -0.641. The SMILES string of the molecule is Cc1ncnc(C(C)C)c1-n1c(=O)[nH]c(=O)c2cc(Cl)c(Cl)nc21. The predicted molar refractivity (Wildman–Crippen MR) is 92.4 cm³/mol. The van der Waals surface area contributed by atoms with Gasteiger partial charge in [-0.05, 0) is 18.9 Å². The smallest absolute Gasteiger partial charge is 0.273 e. The Balaban J connectivity index is 2.56. The second kappa shape index (κ2) is 5.99. The molecule has 124 valence electrons. The lowest BCUT2D eigenvalue weighted by Crippen LogP contribution is -2.31. The fourth-order valence-corrected chi connectivity index (χ4v) is 2.79. The number of fused-ring (bicyclic) bond motifs is 1. The average Bonchev–Trinajstić information content (AvgIpc) is 2.50. The Morgan fingerprint density at radius 3 is 2.58 bits per heavy atom. The molecular weight excluding hydrogens is 353 g/mol. The highest BCUT2D eigenvalue weighted by atomic mass is 35.5. The van der Waals surface area contributed by atoms with Gasteiger partial charge in [-0.2, -0.15) is 0 Å². The van der Waals surface area contributed by atoms with Crippen LogP contribution >= 0.6 is 23.2 Å². The second-order valence-corrected chi connectivity index (χ2v) is 6.34. The van der Waals surface area contributed by atoms with E-state index in [1.807, 2.05) is 13.8 Å². The highest BCUT2D eigenvalue weighted by molar-refractivity contribution is 6.41. The largest absolute Gasteiger partial charge is 0.334 e. The van der Waals surface area contributed by atoms with Crippen molar-refractivity contribution in [1.29, 1.82) is 0 Å². The van der Waals surface area contributed by atoms with E-state index in [1.54, 1.807) is 6.92 Å². The maximum absolute atomic E-state index is 12.5. The van der Waals surface area contributed by atoms with E-state index >= 15 is 0 Å². The Kier molecular flexibility index (Phi) is 4.15. The van der Waals surface area contributed by atoms with E-state index in [4.69, 9.17) is 23.2 Å². The standard InChI is InChI=1S/C15H13Cl2N5O2/c1-6(2)10-11(7(3)18-5-19-10)22-13-8(14(23)21-15(22)24)4-9(16)12(17)20-13/h4-6H,1-3H3,(H,21,23,24). The number of hydrogen-bond acceptors (Lipinski definition) is 5. The summed E-state index contributed by atoms with van der Waals surface area (Å²) in [5.74, 6) is 0.0263. The molecule has 3 rings (SSSR count). The Labute approximate surface area is 146 Å². The van der Waals surface area contributed by atoms with Gasteiger partial charge in [0.05, 0.1) is 27.5 Å². The van der Waals surface area contributed by atoms with E-state index in [2.05, 4.69) is 19.9 Å². The van der Waals surface area contributed by atoms with Crippen molar-refractivity contribution >= 4 is 34.2 Å². The normalized spacial score (nSPS) is 11.4. The number of hydrogen-bond donors (Lipinski definition) is 1. The molecular formula is C15H13Cl2N5O2. The third-order valence-electron chi connectivity index (χ3n) is 3.60. The van der Waals surface area contributed by atoms with E-state index in [-0.39, 0.29) is 27.1 Å². The Morgan fingerprint density at radius 2 is 1.92 bits per heavy atom. The van der Waals surface area contributed by atoms with E-state index < -0.39 is 11.2 Å². The number of rotatable bonds is 2. The molecule has 1 N–H and O–H groups in total. The van der Waals surface area contributed by atoms with Crippen LogP contribution in [0.1, 0.15) is 31.2 Å². The Hall–Kier alpha value is -2.25. The van der Waals surface area contributed by atoms with Crippen LogP contribution in [0.4, 0.5) is 0 Å². The zero-order chi connectivity index (χ0) is 17.6. The van der Waals surface area contributed by atoms with Crippen LogP contribution in [0.15, 0.2) is 22.0 Å². The van der Waals surface area contributed by atoms with Crippen LogP contribution in [0.25, 0.3) is 16.7 Å².